The molecule has 1 unspecified atom stereocenters. The second-order valence-electron chi connectivity index (χ2n) is 6.77. The Balaban J connectivity index is 1.60. The van der Waals surface area contributed by atoms with E-state index in [-0.39, 0.29) is 24.2 Å². The number of benzene rings is 1. The Hall–Kier alpha value is -1.92. The SMILES string of the molecule is Cn1c(C2CCCN2C(=O)[C@@H]2CC[C@H](CN)O2)nc2ccccc21. The number of carbonyl (C=O) groups excluding carboxylic acids is 1. The smallest absolute Gasteiger partial charge is 0.252 e. The predicted molar refractivity (Wildman–Crippen MR) is 91.4 cm³/mol. The van der Waals surface area contributed by atoms with E-state index in [4.69, 9.17) is 15.5 Å². The molecule has 0 aliphatic carbocycles. The zero-order chi connectivity index (χ0) is 16.7. The topological polar surface area (TPSA) is 73.4 Å². The van der Waals surface area contributed by atoms with Crippen molar-refractivity contribution in [1.82, 2.24) is 14.5 Å². The number of nitrogens with two attached hydrogens (primary N) is 1. The molecule has 2 saturated heterocycles. The second kappa shape index (κ2) is 6.18. The lowest BCUT2D eigenvalue weighted by molar-refractivity contribution is -0.143. The lowest BCUT2D eigenvalue weighted by Crippen LogP contribution is -2.39. The van der Waals surface area contributed by atoms with Gasteiger partial charge in [0.2, 0.25) is 0 Å². The van der Waals surface area contributed by atoms with Crippen LogP contribution in [0.2, 0.25) is 0 Å². The highest BCUT2D eigenvalue weighted by Gasteiger charge is 2.39. The Morgan fingerprint density at radius 2 is 2.17 bits per heavy atom. The molecule has 0 spiro atoms. The van der Waals surface area contributed by atoms with Gasteiger partial charge in [0, 0.05) is 20.1 Å². The molecule has 2 N–H and O–H groups in total. The molecule has 4 rings (SSSR count). The van der Waals surface area contributed by atoms with Gasteiger partial charge in [-0.15, -0.1) is 0 Å². The van der Waals surface area contributed by atoms with E-state index in [1.165, 1.54) is 0 Å². The molecule has 1 aromatic carbocycles. The zero-order valence-electron chi connectivity index (χ0n) is 14.0. The number of para-hydroxylation sites is 2. The van der Waals surface area contributed by atoms with Crippen molar-refractivity contribution < 1.29 is 9.53 Å². The Kier molecular flexibility index (Phi) is 4.02. The van der Waals surface area contributed by atoms with E-state index in [0.29, 0.717) is 6.54 Å². The number of likely N-dealkylation sites (tertiary alicyclic amines) is 1. The molecule has 2 aliphatic rings. The number of imidazole rings is 1. The highest BCUT2D eigenvalue weighted by atomic mass is 16.5. The maximum absolute atomic E-state index is 12.9. The minimum atomic E-state index is -0.339. The Bertz CT molecular complexity index is 757. The van der Waals surface area contributed by atoms with Crippen LogP contribution in [-0.4, -0.2) is 45.7 Å². The number of amides is 1. The number of carbonyl (C=O) groups is 1. The van der Waals surface area contributed by atoms with Gasteiger partial charge in [0.15, 0.2) is 0 Å². The molecular weight excluding hydrogens is 304 g/mol. The number of aryl methyl sites for hydroxylation is 1. The number of aromatic nitrogens is 2. The average molecular weight is 328 g/mol. The number of hydrogen-bond donors (Lipinski definition) is 1. The van der Waals surface area contributed by atoms with Gasteiger partial charge in [0.1, 0.15) is 11.9 Å². The Morgan fingerprint density at radius 1 is 1.33 bits per heavy atom. The molecule has 0 radical (unpaired) electrons. The van der Waals surface area contributed by atoms with Gasteiger partial charge in [-0.05, 0) is 37.8 Å². The van der Waals surface area contributed by atoms with Crippen molar-refractivity contribution in [3.63, 3.8) is 0 Å². The largest absolute Gasteiger partial charge is 0.364 e. The summed E-state index contributed by atoms with van der Waals surface area (Å²) in [6.07, 6.45) is 3.29. The molecule has 1 amide bonds. The highest BCUT2D eigenvalue weighted by molar-refractivity contribution is 5.82. The van der Waals surface area contributed by atoms with Gasteiger partial charge in [0.05, 0.1) is 23.2 Å². The van der Waals surface area contributed by atoms with Crippen molar-refractivity contribution in [2.24, 2.45) is 12.8 Å². The maximum Gasteiger partial charge on any atom is 0.252 e. The molecule has 6 heteroatoms. The van der Waals surface area contributed by atoms with Crippen LogP contribution >= 0.6 is 0 Å². The van der Waals surface area contributed by atoms with Gasteiger partial charge < -0.3 is 19.9 Å². The monoisotopic (exact) mass is 328 g/mol. The molecule has 128 valence electrons. The van der Waals surface area contributed by atoms with Crippen LogP contribution in [0.4, 0.5) is 0 Å². The molecule has 0 saturated carbocycles. The molecular formula is C18H24N4O2. The quantitative estimate of drug-likeness (QED) is 0.931. The minimum Gasteiger partial charge on any atom is -0.364 e. The van der Waals surface area contributed by atoms with Crippen LogP contribution in [0.25, 0.3) is 11.0 Å². The first-order valence-corrected chi connectivity index (χ1v) is 8.76. The summed E-state index contributed by atoms with van der Waals surface area (Å²) in [5, 5.41) is 0. The molecule has 3 atom stereocenters. The van der Waals surface area contributed by atoms with Gasteiger partial charge in [0.25, 0.3) is 5.91 Å². The van der Waals surface area contributed by atoms with E-state index in [1.807, 2.05) is 30.1 Å². The van der Waals surface area contributed by atoms with Crippen LogP contribution < -0.4 is 5.73 Å². The molecule has 2 aliphatic heterocycles. The third kappa shape index (κ3) is 2.50. The average Bonchev–Trinajstić information content (AvgIpc) is 3.33. The molecule has 1 aromatic heterocycles. The fourth-order valence-corrected chi connectivity index (χ4v) is 4.01. The second-order valence-corrected chi connectivity index (χ2v) is 6.77. The van der Waals surface area contributed by atoms with E-state index in [9.17, 15) is 4.79 Å². The van der Waals surface area contributed by atoms with Gasteiger partial charge >= 0.3 is 0 Å². The fourth-order valence-electron chi connectivity index (χ4n) is 4.01. The normalized spacial score (nSPS) is 27.2. The number of nitrogens with zero attached hydrogens (tertiary/aromatic N) is 3. The summed E-state index contributed by atoms with van der Waals surface area (Å²) < 4.78 is 7.93. The number of ether oxygens (including phenoxy) is 1. The van der Waals surface area contributed by atoms with E-state index < -0.39 is 0 Å². The van der Waals surface area contributed by atoms with Gasteiger partial charge in [-0.1, -0.05) is 12.1 Å². The maximum atomic E-state index is 12.9. The Labute approximate surface area is 141 Å². The molecule has 2 aromatic rings. The van der Waals surface area contributed by atoms with Crippen molar-refractivity contribution in [2.45, 2.75) is 43.9 Å². The summed E-state index contributed by atoms with van der Waals surface area (Å²) in [6, 6.07) is 8.14. The Morgan fingerprint density at radius 3 is 2.92 bits per heavy atom. The lowest BCUT2D eigenvalue weighted by Gasteiger charge is -2.27. The third-order valence-electron chi connectivity index (χ3n) is 5.30. The van der Waals surface area contributed by atoms with E-state index in [1.54, 1.807) is 0 Å². The van der Waals surface area contributed by atoms with E-state index in [0.717, 1.165) is 49.1 Å². The van der Waals surface area contributed by atoms with Crippen LogP contribution in [0.15, 0.2) is 24.3 Å². The number of fused-ring (bicyclic) bond motifs is 1. The van der Waals surface area contributed by atoms with Crippen LogP contribution in [0.5, 0.6) is 0 Å². The molecule has 2 fully saturated rings. The van der Waals surface area contributed by atoms with Crippen LogP contribution in [0, 0.1) is 0 Å². The van der Waals surface area contributed by atoms with Crippen molar-refractivity contribution in [3.8, 4) is 0 Å². The highest BCUT2D eigenvalue weighted by Crippen LogP contribution is 2.35. The first-order valence-electron chi connectivity index (χ1n) is 8.76. The van der Waals surface area contributed by atoms with Crippen molar-refractivity contribution in [3.05, 3.63) is 30.1 Å². The van der Waals surface area contributed by atoms with Crippen molar-refractivity contribution in [1.29, 1.82) is 0 Å². The van der Waals surface area contributed by atoms with E-state index >= 15 is 0 Å². The molecule has 0 bridgehead atoms. The van der Waals surface area contributed by atoms with Gasteiger partial charge in [-0.25, -0.2) is 4.98 Å². The first-order chi connectivity index (χ1) is 11.7. The zero-order valence-corrected chi connectivity index (χ0v) is 14.0. The predicted octanol–water partition coefficient (Wildman–Crippen LogP) is 1.74. The number of rotatable bonds is 3. The van der Waals surface area contributed by atoms with Gasteiger partial charge in [-0.2, -0.15) is 0 Å². The van der Waals surface area contributed by atoms with Crippen molar-refractivity contribution >= 4 is 16.9 Å². The number of hydrogen-bond acceptors (Lipinski definition) is 4. The van der Waals surface area contributed by atoms with Crippen LogP contribution in [0.1, 0.15) is 37.5 Å². The molecule has 3 heterocycles. The standard InChI is InChI=1S/C18H24N4O2/c1-21-14-6-3-2-5-13(14)20-17(21)15-7-4-10-22(15)18(23)16-9-8-12(11-19)24-16/h2-3,5-6,12,15-16H,4,7-11,19H2,1H3/t12-,15?,16+/m1/s1. The summed E-state index contributed by atoms with van der Waals surface area (Å²) in [5.74, 6) is 1.07. The van der Waals surface area contributed by atoms with Crippen molar-refractivity contribution in [2.75, 3.05) is 13.1 Å². The summed E-state index contributed by atoms with van der Waals surface area (Å²) >= 11 is 0. The summed E-state index contributed by atoms with van der Waals surface area (Å²) in [7, 11) is 2.03. The summed E-state index contributed by atoms with van der Waals surface area (Å²) in [6.45, 7) is 1.26. The first kappa shape index (κ1) is 15.6. The fraction of sp³-hybridized carbons (Fsp3) is 0.556. The minimum absolute atomic E-state index is 0.0238. The lowest BCUT2D eigenvalue weighted by atomic mass is 10.1. The third-order valence-corrected chi connectivity index (χ3v) is 5.30. The molecule has 6 nitrogen and oxygen atoms in total. The van der Waals surface area contributed by atoms with Gasteiger partial charge in [-0.3, -0.25) is 4.79 Å². The summed E-state index contributed by atoms with van der Waals surface area (Å²) in [4.78, 5) is 19.7. The molecule has 24 heavy (non-hydrogen) atoms. The summed E-state index contributed by atoms with van der Waals surface area (Å²) in [5.41, 5.74) is 7.75. The van der Waals surface area contributed by atoms with E-state index in [2.05, 4.69) is 10.6 Å². The van der Waals surface area contributed by atoms with Crippen LogP contribution in [0.3, 0.4) is 0 Å². The van der Waals surface area contributed by atoms with Crippen LogP contribution in [-0.2, 0) is 16.6 Å².